The topological polar surface area (TPSA) is 35.6 Å². The lowest BCUT2D eigenvalue weighted by molar-refractivity contribution is 1.15. The fourth-order valence-corrected chi connectivity index (χ4v) is 7.56. The number of hydrogen-bond donors (Lipinski definition) is 0. The van der Waals surface area contributed by atoms with Gasteiger partial charge in [0.05, 0.1) is 27.8 Å². The number of hydrogen-bond acceptors (Lipinski definition) is 2. The van der Waals surface area contributed by atoms with Gasteiger partial charge in [-0.25, -0.2) is 9.97 Å². The number of nitrogens with zero attached hydrogens (tertiary/aromatic N) is 4. The lowest BCUT2D eigenvalue weighted by atomic mass is 9.97. The van der Waals surface area contributed by atoms with Crippen molar-refractivity contribution in [3.63, 3.8) is 0 Å². The van der Waals surface area contributed by atoms with Crippen LogP contribution in [0.2, 0.25) is 0 Å². The van der Waals surface area contributed by atoms with E-state index in [-0.39, 0.29) is 0 Å². The van der Waals surface area contributed by atoms with E-state index in [4.69, 9.17) is 9.97 Å². The van der Waals surface area contributed by atoms with Crippen molar-refractivity contribution in [3.05, 3.63) is 182 Å². The molecule has 10 rings (SSSR count). The zero-order valence-electron chi connectivity index (χ0n) is 27.1. The second-order valence-corrected chi connectivity index (χ2v) is 12.6. The largest absolute Gasteiger partial charge is 0.309 e. The molecular weight excluding hydrogens is 609 g/mol. The van der Waals surface area contributed by atoms with Crippen LogP contribution in [0.3, 0.4) is 0 Å². The molecule has 0 fully saturated rings. The SMILES string of the molecule is c1ccc(-c2nc(-c3cccc(-c4cccc5c4c4ccccc4n5-c4ccccc4)c3)nc3c4ccccc4n(-c4ccccc4)c23)cc1. The summed E-state index contributed by atoms with van der Waals surface area (Å²) >= 11 is 0. The van der Waals surface area contributed by atoms with Gasteiger partial charge in [-0.1, -0.05) is 133 Å². The molecule has 234 valence electrons. The molecule has 0 N–H and O–H groups in total. The Morgan fingerprint density at radius 1 is 0.380 bits per heavy atom. The first-order valence-corrected chi connectivity index (χ1v) is 16.9. The molecule has 0 aliphatic rings. The van der Waals surface area contributed by atoms with Crippen molar-refractivity contribution in [1.29, 1.82) is 0 Å². The van der Waals surface area contributed by atoms with Gasteiger partial charge in [0.25, 0.3) is 0 Å². The quantitative estimate of drug-likeness (QED) is 0.188. The van der Waals surface area contributed by atoms with Gasteiger partial charge in [0.2, 0.25) is 0 Å². The van der Waals surface area contributed by atoms with Crippen LogP contribution >= 0.6 is 0 Å². The lowest BCUT2D eigenvalue weighted by Crippen LogP contribution is -1.99. The second kappa shape index (κ2) is 11.4. The van der Waals surface area contributed by atoms with Crippen molar-refractivity contribution < 1.29 is 0 Å². The molecular formula is C46H30N4. The van der Waals surface area contributed by atoms with Crippen molar-refractivity contribution >= 4 is 43.7 Å². The molecule has 0 aliphatic carbocycles. The zero-order chi connectivity index (χ0) is 33.0. The Morgan fingerprint density at radius 2 is 0.920 bits per heavy atom. The van der Waals surface area contributed by atoms with Crippen LogP contribution in [-0.4, -0.2) is 19.1 Å². The van der Waals surface area contributed by atoms with Crippen molar-refractivity contribution in [2.24, 2.45) is 0 Å². The van der Waals surface area contributed by atoms with E-state index < -0.39 is 0 Å². The Bertz CT molecular complexity index is 2850. The predicted molar refractivity (Wildman–Crippen MR) is 207 cm³/mol. The summed E-state index contributed by atoms with van der Waals surface area (Å²) in [5.74, 6) is 0.702. The third-order valence-electron chi connectivity index (χ3n) is 9.71. The molecule has 7 aromatic carbocycles. The van der Waals surface area contributed by atoms with Gasteiger partial charge in [-0.05, 0) is 59.7 Å². The summed E-state index contributed by atoms with van der Waals surface area (Å²) in [5.41, 5.74) is 12.9. The lowest BCUT2D eigenvalue weighted by Gasteiger charge is -2.13. The minimum atomic E-state index is 0.702. The molecule has 50 heavy (non-hydrogen) atoms. The monoisotopic (exact) mass is 638 g/mol. The Balaban J connectivity index is 1.22. The van der Waals surface area contributed by atoms with E-state index in [1.165, 1.54) is 27.4 Å². The maximum atomic E-state index is 5.38. The van der Waals surface area contributed by atoms with E-state index in [2.05, 4.69) is 185 Å². The van der Waals surface area contributed by atoms with Crippen LogP contribution in [0.5, 0.6) is 0 Å². The molecule has 3 aromatic heterocycles. The van der Waals surface area contributed by atoms with Crippen LogP contribution in [0.4, 0.5) is 0 Å². The zero-order valence-corrected chi connectivity index (χ0v) is 27.1. The Kier molecular flexibility index (Phi) is 6.46. The highest BCUT2D eigenvalue weighted by Gasteiger charge is 2.21. The molecule has 0 unspecified atom stereocenters. The Hall–Kier alpha value is -6.78. The first-order chi connectivity index (χ1) is 24.8. The van der Waals surface area contributed by atoms with Crippen molar-refractivity contribution in [2.75, 3.05) is 0 Å². The number of benzene rings is 7. The summed E-state index contributed by atoms with van der Waals surface area (Å²) in [6.07, 6.45) is 0. The highest BCUT2D eigenvalue weighted by molar-refractivity contribution is 6.16. The molecule has 0 aliphatic heterocycles. The second-order valence-electron chi connectivity index (χ2n) is 12.6. The van der Waals surface area contributed by atoms with Gasteiger partial charge in [0.15, 0.2) is 5.82 Å². The molecule has 4 heteroatoms. The van der Waals surface area contributed by atoms with Crippen LogP contribution in [0, 0.1) is 0 Å². The molecule has 4 nitrogen and oxygen atoms in total. The number of aromatic nitrogens is 4. The van der Waals surface area contributed by atoms with E-state index in [1.807, 2.05) is 6.07 Å². The third-order valence-corrected chi connectivity index (χ3v) is 9.71. The highest BCUT2D eigenvalue weighted by atomic mass is 15.0. The maximum Gasteiger partial charge on any atom is 0.160 e. The predicted octanol–water partition coefficient (Wildman–Crippen LogP) is 11.7. The maximum absolute atomic E-state index is 5.38. The average molecular weight is 639 g/mol. The van der Waals surface area contributed by atoms with E-state index in [0.29, 0.717) is 5.82 Å². The van der Waals surface area contributed by atoms with E-state index in [0.717, 1.165) is 55.7 Å². The molecule has 10 aromatic rings. The van der Waals surface area contributed by atoms with Crippen LogP contribution in [0.25, 0.3) is 88.9 Å². The summed E-state index contributed by atoms with van der Waals surface area (Å²) in [6, 6.07) is 64.1. The fraction of sp³-hybridized carbons (Fsp3) is 0. The molecule has 3 heterocycles. The van der Waals surface area contributed by atoms with Gasteiger partial charge in [0, 0.05) is 38.7 Å². The minimum Gasteiger partial charge on any atom is -0.309 e. The molecule has 0 saturated carbocycles. The third kappa shape index (κ3) is 4.39. The summed E-state index contributed by atoms with van der Waals surface area (Å²) in [4.78, 5) is 10.7. The molecule has 0 spiro atoms. The van der Waals surface area contributed by atoms with E-state index in [9.17, 15) is 0 Å². The van der Waals surface area contributed by atoms with Gasteiger partial charge in [0.1, 0.15) is 5.52 Å². The van der Waals surface area contributed by atoms with Crippen LogP contribution in [0.15, 0.2) is 182 Å². The average Bonchev–Trinajstić information content (AvgIpc) is 3.72. The van der Waals surface area contributed by atoms with Gasteiger partial charge >= 0.3 is 0 Å². The number of para-hydroxylation sites is 4. The smallest absolute Gasteiger partial charge is 0.160 e. The molecule has 0 radical (unpaired) electrons. The van der Waals surface area contributed by atoms with Crippen LogP contribution in [0.1, 0.15) is 0 Å². The summed E-state index contributed by atoms with van der Waals surface area (Å²) in [6.45, 7) is 0. The normalized spacial score (nSPS) is 11.6. The Labute approximate surface area is 289 Å². The minimum absolute atomic E-state index is 0.702. The van der Waals surface area contributed by atoms with Crippen molar-refractivity contribution in [1.82, 2.24) is 19.1 Å². The molecule has 0 saturated heterocycles. The first kappa shape index (κ1) is 28.3. The van der Waals surface area contributed by atoms with E-state index >= 15 is 0 Å². The molecule has 0 atom stereocenters. The summed E-state index contributed by atoms with van der Waals surface area (Å²) in [5, 5.41) is 3.56. The van der Waals surface area contributed by atoms with Gasteiger partial charge in [-0.3, -0.25) is 0 Å². The standard InChI is InChI=1S/C46H30N4/c1-4-16-31(17-5-1)43-45-44(38-25-11-13-28-40(38)50(45)35-22-8-3-9-23-35)48-46(47-43)33-19-14-18-32(30-33)36-26-15-29-41-42(36)37-24-10-12-27-39(37)49(41)34-20-6-2-7-21-34/h1-30H. The number of fused-ring (bicyclic) bond motifs is 6. The number of rotatable bonds is 5. The van der Waals surface area contributed by atoms with Crippen molar-refractivity contribution in [3.8, 4) is 45.1 Å². The molecule has 0 bridgehead atoms. The fourth-order valence-electron chi connectivity index (χ4n) is 7.56. The Morgan fingerprint density at radius 3 is 1.66 bits per heavy atom. The van der Waals surface area contributed by atoms with Crippen molar-refractivity contribution in [2.45, 2.75) is 0 Å². The van der Waals surface area contributed by atoms with Gasteiger partial charge in [-0.15, -0.1) is 0 Å². The summed E-state index contributed by atoms with van der Waals surface area (Å²) < 4.78 is 4.67. The summed E-state index contributed by atoms with van der Waals surface area (Å²) in [7, 11) is 0. The van der Waals surface area contributed by atoms with Gasteiger partial charge < -0.3 is 9.13 Å². The van der Waals surface area contributed by atoms with E-state index in [1.54, 1.807) is 0 Å². The highest BCUT2D eigenvalue weighted by Crippen LogP contribution is 2.41. The van der Waals surface area contributed by atoms with Crippen LogP contribution < -0.4 is 0 Å². The first-order valence-electron chi connectivity index (χ1n) is 16.9. The van der Waals surface area contributed by atoms with Gasteiger partial charge in [-0.2, -0.15) is 0 Å². The molecule has 0 amide bonds. The van der Waals surface area contributed by atoms with Crippen LogP contribution in [-0.2, 0) is 0 Å².